The summed E-state index contributed by atoms with van der Waals surface area (Å²) >= 11 is 1.47. The van der Waals surface area contributed by atoms with Gasteiger partial charge in [0.1, 0.15) is 0 Å². The second-order valence-corrected chi connectivity index (χ2v) is 7.60. The number of nitrogens with zero attached hydrogens (tertiary/aromatic N) is 2. The summed E-state index contributed by atoms with van der Waals surface area (Å²) in [6.45, 7) is 10.8. The third-order valence-corrected chi connectivity index (χ3v) is 4.51. The van der Waals surface area contributed by atoms with Crippen LogP contribution in [0.1, 0.15) is 46.6 Å². The van der Waals surface area contributed by atoms with Gasteiger partial charge < -0.3 is 14.8 Å². The van der Waals surface area contributed by atoms with Crippen molar-refractivity contribution in [3.8, 4) is 0 Å². The van der Waals surface area contributed by atoms with E-state index >= 15 is 0 Å². The first-order valence-electron chi connectivity index (χ1n) is 8.57. The second-order valence-electron chi connectivity index (χ2n) is 6.70. The number of carbonyl (C=O) groups is 2. The summed E-state index contributed by atoms with van der Waals surface area (Å²) in [6, 6.07) is -0.379. The van der Waals surface area contributed by atoms with Crippen LogP contribution in [0.25, 0.3) is 0 Å². The van der Waals surface area contributed by atoms with Gasteiger partial charge in [0.2, 0.25) is 0 Å². The Hall–Kier alpha value is -2.22. The topological polar surface area (TPSA) is 89.9 Å². The van der Waals surface area contributed by atoms with E-state index in [1.807, 2.05) is 19.2 Å². The molecule has 8 heteroatoms. The number of ether oxygens (including phenoxy) is 2. The van der Waals surface area contributed by atoms with Crippen LogP contribution in [0.2, 0.25) is 0 Å². The van der Waals surface area contributed by atoms with Crippen LogP contribution in [-0.4, -0.2) is 41.0 Å². The number of nitrogens with one attached hydrogen (secondary N) is 1. The lowest BCUT2D eigenvalue weighted by molar-refractivity contribution is -0.167. The lowest BCUT2D eigenvalue weighted by atomic mass is 9.93. The first kappa shape index (κ1) is 20.1. The Morgan fingerprint density at radius 1 is 1.19 bits per heavy atom. The Bertz CT molecular complexity index is 723. The minimum atomic E-state index is -0.984. The number of hydrogen-bond acceptors (Lipinski definition) is 8. The number of aromatic nitrogens is 1. The number of aliphatic imine (C=N–C) groups is 1. The van der Waals surface area contributed by atoms with E-state index in [4.69, 9.17) is 9.47 Å². The molecule has 2 heterocycles. The minimum absolute atomic E-state index is 0.0717. The average Bonchev–Trinajstić information content (AvgIpc) is 3.07. The van der Waals surface area contributed by atoms with Crippen molar-refractivity contribution in [2.45, 2.75) is 59.8 Å². The molecule has 142 valence electrons. The number of thiazole rings is 1. The molecule has 0 saturated carbocycles. The highest BCUT2D eigenvalue weighted by molar-refractivity contribution is 7.11. The molecule has 0 aliphatic carbocycles. The number of amidine groups is 1. The van der Waals surface area contributed by atoms with E-state index in [-0.39, 0.29) is 18.1 Å². The van der Waals surface area contributed by atoms with Gasteiger partial charge in [0.05, 0.1) is 17.7 Å². The smallest absolute Gasteiger partial charge is 0.347 e. The van der Waals surface area contributed by atoms with Crippen LogP contribution in [0.15, 0.2) is 27.8 Å². The Balaban J connectivity index is 2.20. The third-order valence-electron chi connectivity index (χ3n) is 3.73. The predicted molar refractivity (Wildman–Crippen MR) is 99.9 cm³/mol. The van der Waals surface area contributed by atoms with Gasteiger partial charge in [-0.3, -0.25) is 4.99 Å². The molecule has 1 aliphatic rings. The van der Waals surface area contributed by atoms with Crippen LogP contribution < -0.4 is 5.32 Å². The van der Waals surface area contributed by atoms with Crippen molar-refractivity contribution >= 4 is 29.1 Å². The average molecular weight is 379 g/mol. The van der Waals surface area contributed by atoms with Crippen LogP contribution in [0.4, 0.5) is 0 Å². The molecule has 0 amide bonds. The molecular formula is C18H25N3O4S. The second kappa shape index (κ2) is 8.44. The van der Waals surface area contributed by atoms with Crippen LogP contribution >= 0.6 is 11.3 Å². The maximum Gasteiger partial charge on any atom is 0.347 e. The summed E-state index contributed by atoms with van der Waals surface area (Å²) in [5, 5.41) is 5.76. The molecule has 1 aromatic heterocycles. The standard InChI is InChI=1S/C18H25N3O4S/c1-9(2)14-13(18(23)25-12(6)17(22)24-10(3)4)11(5)20-15(21-14)16-19-7-8-26-16/h7-10,12,14H,1-6H3,(H,20,21)/t12-,14+/m1/s1. The van der Waals surface area contributed by atoms with E-state index in [0.717, 1.165) is 5.01 Å². The summed E-state index contributed by atoms with van der Waals surface area (Å²) in [6.07, 6.45) is 0.455. The SMILES string of the molecule is CC1=C(C(=O)O[C@H](C)C(=O)OC(C)C)[C@H](C(C)C)N=C(c2nccs2)N1. The molecule has 7 nitrogen and oxygen atoms in total. The highest BCUT2D eigenvalue weighted by atomic mass is 32.1. The molecule has 0 radical (unpaired) electrons. The van der Waals surface area contributed by atoms with Gasteiger partial charge in [0, 0.05) is 17.3 Å². The van der Waals surface area contributed by atoms with Gasteiger partial charge in [0.25, 0.3) is 0 Å². The zero-order valence-corrected chi connectivity index (χ0v) is 16.7. The molecule has 1 aliphatic heterocycles. The van der Waals surface area contributed by atoms with E-state index in [1.165, 1.54) is 18.3 Å². The molecule has 0 bridgehead atoms. The normalized spacial score (nSPS) is 18.5. The Labute approximate surface area is 157 Å². The van der Waals surface area contributed by atoms with Crippen LogP contribution in [0.5, 0.6) is 0 Å². The zero-order chi connectivity index (χ0) is 19.4. The van der Waals surface area contributed by atoms with Gasteiger partial charge in [-0.05, 0) is 33.6 Å². The largest absolute Gasteiger partial charge is 0.460 e. The van der Waals surface area contributed by atoms with Gasteiger partial charge in [-0.2, -0.15) is 0 Å². The highest BCUT2D eigenvalue weighted by Gasteiger charge is 2.33. The number of allylic oxidation sites excluding steroid dienone is 1. The fourth-order valence-corrected chi connectivity index (χ4v) is 3.10. The molecule has 0 spiro atoms. The van der Waals surface area contributed by atoms with Crippen molar-refractivity contribution in [1.29, 1.82) is 0 Å². The molecule has 1 N–H and O–H groups in total. The Morgan fingerprint density at radius 3 is 2.42 bits per heavy atom. The first-order valence-corrected chi connectivity index (χ1v) is 9.45. The zero-order valence-electron chi connectivity index (χ0n) is 15.9. The highest BCUT2D eigenvalue weighted by Crippen LogP contribution is 2.25. The lowest BCUT2D eigenvalue weighted by Crippen LogP contribution is -2.39. The molecular weight excluding hydrogens is 354 g/mol. The Morgan fingerprint density at radius 2 is 1.88 bits per heavy atom. The van der Waals surface area contributed by atoms with Gasteiger partial charge in [-0.1, -0.05) is 13.8 Å². The number of hydrogen-bond donors (Lipinski definition) is 1. The van der Waals surface area contributed by atoms with Gasteiger partial charge in [-0.15, -0.1) is 11.3 Å². The van der Waals surface area contributed by atoms with Crippen molar-refractivity contribution in [2.75, 3.05) is 0 Å². The number of rotatable bonds is 6. The van der Waals surface area contributed by atoms with E-state index in [9.17, 15) is 9.59 Å². The quantitative estimate of drug-likeness (QED) is 0.764. The van der Waals surface area contributed by atoms with E-state index < -0.39 is 18.0 Å². The maximum atomic E-state index is 12.7. The van der Waals surface area contributed by atoms with Crippen molar-refractivity contribution in [3.05, 3.63) is 27.9 Å². The van der Waals surface area contributed by atoms with Crippen LogP contribution in [-0.2, 0) is 19.1 Å². The monoisotopic (exact) mass is 379 g/mol. The van der Waals surface area contributed by atoms with Crippen molar-refractivity contribution < 1.29 is 19.1 Å². The summed E-state index contributed by atoms with van der Waals surface area (Å²) < 4.78 is 10.4. The van der Waals surface area contributed by atoms with Crippen LogP contribution in [0, 0.1) is 5.92 Å². The number of esters is 2. The van der Waals surface area contributed by atoms with Crippen LogP contribution in [0.3, 0.4) is 0 Å². The van der Waals surface area contributed by atoms with Gasteiger partial charge >= 0.3 is 11.9 Å². The van der Waals surface area contributed by atoms with E-state index in [1.54, 1.807) is 27.0 Å². The number of carbonyl (C=O) groups excluding carboxylic acids is 2. The molecule has 0 fully saturated rings. The molecule has 0 unspecified atom stereocenters. The Kier molecular flexibility index (Phi) is 6.52. The fraction of sp³-hybridized carbons (Fsp3) is 0.556. The first-order chi connectivity index (χ1) is 12.2. The van der Waals surface area contributed by atoms with E-state index in [0.29, 0.717) is 17.1 Å². The summed E-state index contributed by atoms with van der Waals surface area (Å²) in [4.78, 5) is 33.5. The predicted octanol–water partition coefficient (Wildman–Crippen LogP) is 2.67. The van der Waals surface area contributed by atoms with E-state index in [2.05, 4.69) is 15.3 Å². The van der Waals surface area contributed by atoms with Gasteiger partial charge in [0.15, 0.2) is 16.9 Å². The maximum absolute atomic E-state index is 12.7. The minimum Gasteiger partial charge on any atom is -0.460 e. The fourth-order valence-electron chi connectivity index (χ4n) is 2.51. The molecule has 1 aromatic rings. The third kappa shape index (κ3) is 4.69. The molecule has 26 heavy (non-hydrogen) atoms. The molecule has 0 saturated heterocycles. The van der Waals surface area contributed by atoms with Gasteiger partial charge in [-0.25, -0.2) is 14.6 Å². The lowest BCUT2D eigenvalue weighted by Gasteiger charge is -2.28. The van der Waals surface area contributed by atoms with Crippen molar-refractivity contribution in [2.24, 2.45) is 10.9 Å². The molecule has 2 atom stereocenters. The summed E-state index contributed by atoms with van der Waals surface area (Å²) in [7, 11) is 0. The van der Waals surface area contributed by atoms with Crippen molar-refractivity contribution in [1.82, 2.24) is 10.3 Å². The molecule has 0 aromatic carbocycles. The summed E-state index contributed by atoms with van der Waals surface area (Å²) in [5.41, 5.74) is 1.07. The van der Waals surface area contributed by atoms with Crippen molar-refractivity contribution in [3.63, 3.8) is 0 Å². The summed E-state index contributed by atoms with van der Waals surface area (Å²) in [5.74, 6) is -0.421. The molecule has 2 rings (SSSR count).